The summed E-state index contributed by atoms with van der Waals surface area (Å²) in [4.78, 5) is 17.0. The molecule has 0 aromatic carbocycles. The molecule has 1 N–H and O–H groups in total. The van der Waals surface area contributed by atoms with Crippen LogP contribution in [0.1, 0.15) is 26.7 Å². The van der Waals surface area contributed by atoms with Gasteiger partial charge in [-0.3, -0.25) is 9.69 Å². The summed E-state index contributed by atoms with van der Waals surface area (Å²) in [5.41, 5.74) is 0. The molecule has 0 aromatic rings. The van der Waals surface area contributed by atoms with E-state index in [1.54, 1.807) is 4.90 Å². The summed E-state index contributed by atoms with van der Waals surface area (Å²) in [6.07, 6.45) is 2.16. The van der Waals surface area contributed by atoms with E-state index in [-0.39, 0.29) is 36.8 Å². The number of hydrogen-bond acceptors (Lipinski definition) is 6. The molecular formula is C16H33Cl2N3O4S. The van der Waals surface area contributed by atoms with Crippen LogP contribution in [0.25, 0.3) is 0 Å². The standard InChI is InChI=1S/C16H31N3O4S.2ClH/c1-14(2)23-13-12-18-8-10-19(11-9-18)15(20)16(24(3,21)22)4-6-17-7-5-16;;/h14,17H,4-13H2,1-3H3;2*1H. The molecule has 0 atom stereocenters. The molecule has 156 valence electrons. The summed E-state index contributed by atoms with van der Waals surface area (Å²) < 4.78 is 29.1. The maximum atomic E-state index is 13.0. The molecule has 26 heavy (non-hydrogen) atoms. The molecule has 0 aliphatic carbocycles. The molecular weight excluding hydrogens is 401 g/mol. The summed E-state index contributed by atoms with van der Waals surface area (Å²) in [5.74, 6) is -0.204. The van der Waals surface area contributed by atoms with E-state index in [0.29, 0.717) is 45.6 Å². The molecule has 0 aromatic heterocycles. The second-order valence-corrected chi connectivity index (χ2v) is 9.40. The Hall–Kier alpha value is -0.120. The lowest BCUT2D eigenvalue weighted by Gasteiger charge is -2.42. The molecule has 2 rings (SSSR count). The lowest BCUT2D eigenvalue weighted by Crippen LogP contribution is -2.61. The van der Waals surface area contributed by atoms with E-state index in [0.717, 1.165) is 19.6 Å². The average molecular weight is 434 g/mol. The van der Waals surface area contributed by atoms with Gasteiger partial charge in [0.2, 0.25) is 5.91 Å². The number of nitrogens with zero attached hydrogens (tertiary/aromatic N) is 2. The van der Waals surface area contributed by atoms with Gasteiger partial charge in [-0.15, -0.1) is 24.8 Å². The second-order valence-electron chi connectivity index (χ2n) is 7.07. The second kappa shape index (κ2) is 11.0. The zero-order valence-corrected chi connectivity index (χ0v) is 18.4. The smallest absolute Gasteiger partial charge is 0.244 e. The normalized spacial score (nSPS) is 21.0. The SMILES string of the molecule is CC(C)OCCN1CCN(C(=O)C2(S(C)(=O)=O)CCNCC2)CC1.Cl.Cl. The number of hydrogen-bond donors (Lipinski definition) is 1. The van der Waals surface area contributed by atoms with Crippen molar-refractivity contribution in [2.24, 2.45) is 0 Å². The van der Waals surface area contributed by atoms with Gasteiger partial charge in [0.05, 0.1) is 12.7 Å². The summed E-state index contributed by atoms with van der Waals surface area (Å²) in [5, 5.41) is 3.15. The van der Waals surface area contributed by atoms with Crippen molar-refractivity contribution in [2.45, 2.75) is 37.5 Å². The number of rotatable bonds is 6. The van der Waals surface area contributed by atoms with Gasteiger partial charge >= 0.3 is 0 Å². The van der Waals surface area contributed by atoms with Gasteiger partial charge in [0.1, 0.15) is 0 Å². The van der Waals surface area contributed by atoms with Crippen molar-refractivity contribution < 1.29 is 17.9 Å². The van der Waals surface area contributed by atoms with Crippen LogP contribution in [0.3, 0.4) is 0 Å². The third-order valence-corrected chi connectivity index (χ3v) is 7.03. The lowest BCUT2D eigenvalue weighted by atomic mass is 9.95. The number of sulfone groups is 1. The zero-order chi connectivity index (χ0) is 17.8. The molecule has 0 spiro atoms. The van der Waals surface area contributed by atoms with E-state index < -0.39 is 14.6 Å². The zero-order valence-electron chi connectivity index (χ0n) is 15.9. The van der Waals surface area contributed by atoms with Crippen molar-refractivity contribution in [3.05, 3.63) is 0 Å². The molecule has 2 fully saturated rings. The van der Waals surface area contributed by atoms with Crippen molar-refractivity contribution in [2.75, 3.05) is 58.7 Å². The highest BCUT2D eigenvalue weighted by Crippen LogP contribution is 2.30. The third-order valence-electron chi connectivity index (χ3n) is 5.03. The van der Waals surface area contributed by atoms with Crippen LogP contribution in [0, 0.1) is 0 Å². The Bertz CT molecular complexity index is 532. The molecule has 0 bridgehead atoms. The number of piperazine rings is 1. The van der Waals surface area contributed by atoms with Gasteiger partial charge in [0.25, 0.3) is 0 Å². The van der Waals surface area contributed by atoms with Crippen molar-refractivity contribution in [1.82, 2.24) is 15.1 Å². The van der Waals surface area contributed by atoms with Gasteiger partial charge in [0.15, 0.2) is 14.6 Å². The summed E-state index contributed by atoms with van der Waals surface area (Å²) in [6, 6.07) is 0. The van der Waals surface area contributed by atoms with E-state index in [4.69, 9.17) is 4.74 Å². The quantitative estimate of drug-likeness (QED) is 0.659. The minimum Gasteiger partial charge on any atom is -0.377 e. The Balaban J connectivity index is 0.00000312. The summed E-state index contributed by atoms with van der Waals surface area (Å²) in [7, 11) is -3.44. The highest BCUT2D eigenvalue weighted by atomic mass is 35.5. The maximum absolute atomic E-state index is 13.0. The molecule has 2 aliphatic rings. The van der Waals surface area contributed by atoms with E-state index in [9.17, 15) is 13.2 Å². The van der Waals surface area contributed by atoms with Crippen LogP contribution in [0.5, 0.6) is 0 Å². The molecule has 7 nitrogen and oxygen atoms in total. The van der Waals surface area contributed by atoms with Gasteiger partial charge < -0.3 is 15.0 Å². The van der Waals surface area contributed by atoms with Gasteiger partial charge in [-0.2, -0.15) is 0 Å². The van der Waals surface area contributed by atoms with Crippen LogP contribution in [0.4, 0.5) is 0 Å². The molecule has 2 aliphatic heterocycles. The summed E-state index contributed by atoms with van der Waals surface area (Å²) >= 11 is 0. The highest BCUT2D eigenvalue weighted by Gasteiger charge is 2.50. The van der Waals surface area contributed by atoms with E-state index in [1.807, 2.05) is 13.8 Å². The number of amides is 1. The largest absolute Gasteiger partial charge is 0.377 e. The Kier molecular flexibility index (Phi) is 11.0. The van der Waals surface area contributed by atoms with Crippen molar-refractivity contribution in [3.63, 3.8) is 0 Å². The van der Waals surface area contributed by atoms with Crippen molar-refractivity contribution >= 4 is 40.6 Å². The fourth-order valence-corrected chi connectivity index (χ4v) is 4.85. The number of halogens is 2. The predicted octanol–water partition coefficient (Wildman–Crippen LogP) is 0.566. The van der Waals surface area contributed by atoms with E-state index in [2.05, 4.69) is 10.2 Å². The molecule has 2 saturated heterocycles. The first kappa shape index (κ1) is 25.9. The monoisotopic (exact) mass is 433 g/mol. The number of piperidine rings is 1. The van der Waals surface area contributed by atoms with Crippen LogP contribution in [0.15, 0.2) is 0 Å². The van der Waals surface area contributed by atoms with Crippen molar-refractivity contribution in [3.8, 4) is 0 Å². The third kappa shape index (κ3) is 6.21. The number of carbonyl (C=O) groups excluding carboxylic acids is 1. The minimum absolute atomic E-state index is 0. The molecule has 1 amide bonds. The van der Waals surface area contributed by atoms with Crippen LogP contribution >= 0.6 is 24.8 Å². The molecule has 10 heteroatoms. The van der Waals surface area contributed by atoms with Crippen LogP contribution < -0.4 is 5.32 Å². The molecule has 0 radical (unpaired) electrons. The summed E-state index contributed by atoms with van der Waals surface area (Å²) in [6.45, 7) is 9.43. The highest BCUT2D eigenvalue weighted by molar-refractivity contribution is 7.92. The fraction of sp³-hybridized carbons (Fsp3) is 0.938. The first-order valence-corrected chi connectivity index (χ1v) is 10.7. The Morgan fingerprint density at radius 1 is 1.12 bits per heavy atom. The van der Waals surface area contributed by atoms with Crippen LogP contribution in [-0.4, -0.2) is 93.7 Å². The topological polar surface area (TPSA) is 79.0 Å². The maximum Gasteiger partial charge on any atom is 0.244 e. The van der Waals surface area contributed by atoms with Gasteiger partial charge in [-0.1, -0.05) is 0 Å². The molecule has 0 saturated carbocycles. The number of ether oxygens (including phenoxy) is 1. The Labute approximate surface area is 169 Å². The van der Waals surface area contributed by atoms with E-state index >= 15 is 0 Å². The first-order valence-electron chi connectivity index (χ1n) is 8.80. The lowest BCUT2D eigenvalue weighted by molar-refractivity contribution is -0.136. The van der Waals surface area contributed by atoms with Crippen LogP contribution in [-0.2, 0) is 19.4 Å². The fourth-order valence-electron chi connectivity index (χ4n) is 3.45. The Morgan fingerprint density at radius 2 is 1.65 bits per heavy atom. The molecule has 2 heterocycles. The average Bonchev–Trinajstić information content (AvgIpc) is 2.54. The van der Waals surface area contributed by atoms with Crippen LogP contribution in [0.2, 0.25) is 0 Å². The predicted molar refractivity (Wildman–Crippen MR) is 108 cm³/mol. The van der Waals surface area contributed by atoms with Gasteiger partial charge in [-0.25, -0.2) is 8.42 Å². The van der Waals surface area contributed by atoms with Gasteiger partial charge in [0, 0.05) is 39.0 Å². The minimum atomic E-state index is -3.44. The number of nitrogens with one attached hydrogen (secondary N) is 1. The van der Waals surface area contributed by atoms with Crippen molar-refractivity contribution in [1.29, 1.82) is 0 Å². The molecule has 0 unspecified atom stereocenters. The first-order chi connectivity index (χ1) is 11.3. The van der Waals surface area contributed by atoms with Gasteiger partial charge in [-0.05, 0) is 39.8 Å². The van der Waals surface area contributed by atoms with E-state index in [1.165, 1.54) is 6.26 Å². The number of carbonyl (C=O) groups is 1. The Morgan fingerprint density at radius 3 is 2.12 bits per heavy atom.